The lowest BCUT2D eigenvalue weighted by molar-refractivity contribution is -0.119. The van der Waals surface area contributed by atoms with Crippen LogP contribution in [0.3, 0.4) is 0 Å². The zero-order chi connectivity index (χ0) is 12.3. The molecule has 0 radical (unpaired) electrons. The molecule has 0 aromatic heterocycles. The number of carbonyl (C=O) groups is 1. The molecule has 1 amide bonds. The van der Waals surface area contributed by atoms with Crippen molar-refractivity contribution < 1.29 is 4.79 Å². The van der Waals surface area contributed by atoms with Gasteiger partial charge in [0.1, 0.15) is 0 Å². The summed E-state index contributed by atoms with van der Waals surface area (Å²) < 4.78 is 0. The number of terminal acetylenes is 1. The summed E-state index contributed by atoms with van der Waals surface area (Å²) in [5, 5.41) is 2.69. The Labute approximate surface area is 102 Å². The van der Waals surface area contributed by atoms with Gasteiger partial charge in [-0.05, 0) is 25.0 Å². The summed E-state index contributed by atoms with van der Waals surface area (Å²) in [6.45, 7) is 2.80. The van der Waals surface area contributed by atoms with Crippen LogP contribution in [0.4, 0.5) is 5.69 Å². The standard InChI is InChI=1S/C14H16N2O/c1-3-8-15-14(17)10-16-11(2)9-12-6-4-5-7-13(12)16/h1,4-7,11H,8-10H2,2H3,(H,15,17)/t11-/m0/s1. The maximum atomic E-state index is 11.7. The van der Waals surface area contributed by atoms with E-state index >= 15 is 0 Å². The summed E-state index contributed by atoms with van der Waals surface area (Å²) >= 11 is 0. The number of rotatable bonds is 3. The number of carbonyl (C=O) groups excluding carboxylic acids is 1. The fraction of sp³-hybridized carbons (Fsp3) is 0.357. The first-order chi connectivity index (χ1) is 8.22. The first-order valence-electron chi connectivity index (χ1n) is 5.77. The van der Waals surface area contributed by atoms with Crippen molar-refractivity contribution in [3.05, 3.63) is 29.8 Å². The Hall–Kier alpha value is -1.95. The molecule has 2 rings (SSSR count). The molecule has 1 aromatic carbocycles. The molecule has 88 valence electrons. The van der Waals surface area contributed by atoms with Crippen molar-refractivity contribution in [2.45, 2.75) is 19.4 Å². The van der Waals surface area contributed by atoms with E-state index in [1.807, 2.05) is 12.1 Å². The average Bonchev–Trinajstić information content (AvgIpc) is 2.64. The Morgan fingerprint density at radius 1 is 1.59 bits per heavy atom. The lowest BCUT2D eigenvalue weighted by atomic mass is 10.1. The van der Waals surface area contributed by atoms with E-state index in [1.54, 1.807) is 0 Å². The number of amides is 1. The fourth-order valence-electron chi connectivity index (χ4n) is 2.23. The van der Waals surface area contributed by atoms with E-state index in [0.29, 0.717) is 19.1 Å². The van der Waals surface area contributed by atoms with E-state index in [0.717, 1.165) is 12.1 Å². The van der Waals surface area contributed by atoms with Crippen molar-refractivity contribution in [2.75, 3.05) is 18.0 Å². The van der Waals surface area contributed by atoms with Gasteiger partial charge in [0, 0.05) is 11.7 Å². The summed E-state index contributed by atoms with van der Waals surface area (Å²) in [4.78, 5) is 13.8. The van der Waals surface area contributed by atoms with E-state index in [1.165, 1.54) is 5.56 Å². The summed E-state index contributed by atoms with van der Waals surface area (Å²) in [7, 11) is 0. The van der Waals surface area contributed by atoms with E-state index in [-0.39, 0.29) is 5.91 Å². The van der Waals surface area contributed by atoms with Gasteiger partial charge in [-0.15, -0.1) is 6.42 Å². The van der Waals surface area contributed by atoms with E-state index in [9.17, 15) is 4.79 Å². The second kappa shape index (κ2) is 4.92. The van der Waals surface area contributed by atoms with Crippen LogP contribution in [0.15, 0.2) is 24.3 Å². The van der Waals surface area contributed by atoms with Crippen LogP contribution in [0.25, 0.3) is 0 Å². The van der Waals surface area contributed by atoms with Crippen molar-refractivity contribution in [1.29, 1.82) is 0 Å². The summed E-state index contributed by atoms with van der Waals surface area (Å²) in [5.74, 6) is 2.38. The number of nitrogens with zero attached hydrogens (tertiary/aromatic N) is 1. The summed E-state index contributed by atoms with van der Waals surface area (Å²) in [6.07, 6.45) is 6.11. The predicted octanol–water partition coefficient (Wildman–Crippen LogP) is 1.19. The topological polar surface area (TPSA) is 32.3 Å². The number of nitrogens with one attached hydrogen (secondary N) is 1. The minimum atomic E-state index is -0.0218. The van der Waals surface area contributed by atoms with E-state index < -0.39 is 0 Å². The Balaban J connectivity index is 2.07. The quantitative estimate of drug-likeness (QED) is 0.788. The highest BCUT2D eigenvalue weighted by molar-refractivity contribution is 5.82. The van der Waals surface area contributed by atoms with Crippen molar-refractivity contribution >= 4 is 11.6 Å². The smallest absolute Gasteiger partial charge is 0.240 e. The third kappa shape index (κ3) is 2.42. The first-order valence-corrected chi connectivity index (χ1v) is 5.77. The van der Waals surface area contributed by atoms with Crippen LogP contribution < -0.4 is 10.2 Å². The molecule has 1 aliphatic heterocycles. The molecule has 3 heteroatoms. The van der Waals surface area contributed by atoms with Crippen molar-refractivity contribution in [1.82, 2.24) is 5.32 Å². The molecule has 0 aliphatic carbocycles. The second-order valence-electron chi connectivity index (χ2n) is 4.29. The number of anilines is 1. The average molecular weight is 228 g/mol. The van der Waals surface area contributed by atoms with Crippen LogP contribution in [-0.2, 0) is 11.2 Å². The minimum Gasteiger partial charge on any atom is -0.359 e. The molecule has 1 atom stereocenters. The molecule has 1 N–H and O–H groups in total. The number of benzene rings is 1. The Morgan fingerprint density at radius 3 is 3.12 bits per heavy atom. The molecule has 0 saturated carbocycles. The highest BCUT2D eigenvalue weighted by atomic mass is 16.2. The molecule has 1 heterocycles. The fourth-order valence-corrected chi connectivity index (χ4v) is 2.23. The van der Waals surface area contributed by atoms with Crippen molar-refractivity contribution in [3.8, 4) is 12.3 Å². The zero-order valence-electron chi connectivity index (χ0n) is 9.94. The largest absolute Gasteiger partial charge is 0.359 e. The van der Waals surface area contributed by atoms with Crippen LogP contribution in [0, 0.1) is 12.3 Å². The maximum Gasteiger partial charge on any atom is 0.240 e. The van der Waals surface area contributed by atoms with Crippen molar-refractivity contribution in [2.24, 2.45) is 0 Å². The third-order valence-electron chi connectivity index (χ3n) is 3.05. The van der Waals surface area contributed by atoms with Crippen LogP contribution in [0.5, 0.6) is 0 Å². The SMILES string of the molecule is C#CCNC(=O)CN1c2ccccc2C[C@@H]1C. The van der Waals surface area contributed by atoms with Gasteiger partial charge in [-0.2, -0.15) is 0 Å². The van der Waals surface area contributed by atoms with E-state index in [4.69, 9.17) is 6.42 Å². The van der Waals surface area contributed by atoms with Gasteiger partial charge in [-0.1, -0.05) is 24.1 Å². The van der Waals surface area contributed by atoms with Gasteiger partial charge in [-0.25, -0.2) is 0 Å². The third-order valence-corrected chi connectivity index (χ3v) is 3.05. The number of hydrogen-bond donors (Lipinski definition) is 1. The van der Waals surface area contributed by atoms with Gasteiger partial charge in [-0.3, -0.25) is 4.79 Å². The first kappa shape index (κ1) is 11.5. The van der Waals surface area contributed by atoms with Crippen LogP contribution in [0.2, 0.25) is 0 Å². The molecular formula is C14H16N2O. The predicted molar refractivity (Wildman–Crippen MR) is 68.8 cm³/mol. The van der Waals surface area contributed by atoms with E-state index in [2.05, 4.69) is 35.2 Å². The number of hydrogen-bond acceptors (Lipinski definition) is 2. The Kier molecular flexibility index (Phi) is 3.34. The van der Waals surface area contributed by atoms with Crippen LogP contribution in [-0.4, -0.2) is 25.0 Å². The van der Waals surface area contributed by atoms with Gasteiger partial charge in [0.25, 0.3) is 0 Å². The molecule has 3 nitrogen and oxygen atoms in total. The van der Waals surface area contributed by atoms with Crippen molar-refractivity contribution in [3.63, 3.8) is 0 Å². The minimum absolute atomic E-state index is 0.0218. The molecule has 17 heavy (non-hydrogen) atoms. The van der Waals surface area contributed by atoms with Gasteiger partial charge in [0.2, 0.25) is 5.91 Å². The normalized spacial score (nSPS) is 17.4. The molecule has 0 saturated heterocycles. The number of fused-ring (bicyclic) bond motifs is 1. The van der Waals surface area contributed by atoms with Gasteiger partial charge in [0.05, 0.1) is 13.1 Å². The molecule has 0 bridgehead atoms. The monoisotopic (exact) mass is 228 g/mol. The van der Waals surface area contributed by atoms with Gasteiger partial charge >= 0.3 is 0 Å². The Morgan fingerprint density at radius 2 is 2.35 bits per heavy atom. The second-order valence-corrected chi connectivity index (χ2v) is 4.29. The molecular weight excluding hydrogens is 212 g/mol. The van der Waals surface area contributed by atoms with Gasteiger partial charge < -0.3 is 10.2 Å². The molecule has 1 aliphatic rings. The Bertz CT molecular complexity index is 462. The van der Waals surface area contributed by atoms with Crippen LogP contribution in [0.1, 0.15) is 12.5 Å². The molecule has 1 aromatic rings. The highest BCUT2D eigenvalue weighted by Gasteiger charge is 2.26. The van der Waals surface area contributed by atoms with Crippen LogP contribution >= 0.6 is 0 Å². The molecule has 0 fully saturated rings. The zero-order valence-corrected chi connectivity index (χ0v) is 9.94. The molecule has 0 unspecified atom stereocenters. The lowest BCUT2D eigenvalue weighted by Crippen LogP contribution is -2.40. The molecule has 0 spiro atoms. The lowest BCUT2D eigenvalue weighted by Gasteiger charge is -2.23. The number of para-hydroxylation sites is 1. The van der Waals surface area contributed by atoms with Gasteiger partial charge in [0.15, 0.2) is 0 Å². The summed E-state index contributed by atoms with van der Waals surface area (Å²) in [6, 6.07) is 8.58. The highest BCUT2D eigenvalue weighted by Crippen LogP contribution is 2.31. The maximum absolute atomic E-state index is 11.7. The summed E-state index contributed by atoms with van der Waals surface area (Å²) in [5.41, 5.74) is 2.47.